The molecule has 2 heterocycles. The first-order valence-electron chi connectivity index (χ1n) is 7.71. The first-order chi connectivity index (χ1) is 12.5. The predicted octanol–water partition coefficient (Wildman–Crippen LogP) is 5.05. The molecule has 3 aromatic rings. The number of carbonyl (C=O) groups is 1. The van der Waals surface area contributed by atoms with Gasteiger partial charge in [-0.3, -0.25) is 4.79 Å². The number of nitrogens with one attached hydrogen (secondary N) is 1. The van der Waals surface area contributed by atoms with Crippen LogP contribution in [0.15, 0.2) is 47.6 Å². The molecule has 0 spiro atoms. The van der Waals surface area contributed by atoms with E-state index in [1.165, 1.54) is 11.3 Å². The lowest BCUT2D eigenvalue weighted by atomic mass is 10.3. The highest BCUT2D eigenvalue weighted by Gasteiger charge is 2.16. The van der Waals surface area contributed by atoms with Gasteiger partial charge in [0.1, 0.15) is 22.2 Å². The Bertz CT molecular complexity index is 896. The minimum absolute atomic E-state index is 0.198. The number of thiazole rings is 1. The molecule has 8 heteroatoms. The average molecular weight is 406 g/mol. The van der Waals surface area contributed by atoms with Crippen LogP contribution in [0.1, 0.15) is 20.4 Å². The summed E-state index contributed by atoms with van der Waals surface area (Å²) in [6.45, 7) is 2.11. The molecule has 26 heavy (non-hydrogen) atoms. The molecule has 0 aliphatic rings. The molecule has 1 aromatic carbocycles. The number of aromatic nitrogens is 2. The fourth-order valence-electron chi connectivity index (χ4n) is 2.16. The Morgan fingerprint density at radius 3 is 2.69 bits per heavy atom. The maximum Gasteiger partial charge on any atom is 0.267 e. The quantitative estimate of drug-likeness (QED) is 0.581. The molecular formula is C18H16ClN3O2S2. The molecule has 5 nitrogen and oxygen atoms in total. The number of carbonyl (C=O) groups excluding carboxylic acids is 1. The maximum absolute atomic E-state index is 12.5. The molecule has 134 valence electrons. The predicted molar refractivity (Wildman–Crippen MR) is 107 cm³/mol. The Balaban J connectivity index is 1.64. The van der Waals surface area contributed by atoms with Crippen LogP contribution in [0.25, 0.3) is 0 Å². The van der Waals surface area contributed by atoms with Crippen molar-refractivity contribution in [3.05, 3.63) is 63.2 Å². The first kappa shape index (κ1) is 18.7. The first-order valence-corrected chi connectivity index (χ1v) is 10.1. The van der Waals surface area contributed by atoms with Gasteiger partial charge < -0.3 is 10.1 Å². The van der Waals surface area contributed by atoms with Gasteiger partial charge in [0.05, 0.1) is 22.6 Å². The smallest absolute Gasteiger partial charge is 0.267 e. The Morgan fingerprint density at radius 1 is 1.27 bits per heavy atom. The second-order valence-electron chi connectivity index (χ2n) is 5.31. The van der Waals surface area contributed by atoms with E-state index in [-0.39, 0.29) is 5.91 Å². The molecule has 0 saturated carbocycles. The topological polar surface area (TPSA) is 64.1 Å². The van der Waals surface area contributed by atoms with Crippen LogP contribution in [-0.2, 0) is 6.61 Å². The lowest BCUT2D eigenvalue weighted by Gasteiger charge is -2.04. The van der Waals surface area contributed by atoms with Gasteiger partial charge in [-0.15, -0.1) is 23.1 Å². The van der Waals surface area contributed by atoms with Gasteiger partial charge in [0.15, 0.2) is 0 Å². The van der Waals surface area contributed by atoms with E-state index in [0.29, 0.717) is 33.6 Å². The molecule has 0 saturated heterocycles. The molecule has 0 unspecified atom stereocenters. The fourth-order valence-corrected chi connectivity index (χ4v) is 3.52. The summed E-state index contributed by atoms with van der Waals surface area (Å²) >= 11 is 8.72. The summed E-state index contributed by atoms with van der Waals surface area (Å²) in [6, 6.07) is 10.8. The Morgan fingerprint density at radius 2 is 2.04 bits per heavy atom. The highest BCUT2D eigenvalue weighted by molar-refractivity contribution is 7.98. The largest absolute Gasteiger partial charge is 0.486 e. The summed E-state index contributed by atoms with van der Waals surface area (Å²) in [6.07, 6.45) is 3.60. The van der Waals surface area contributed by atoms with Gasteiger partial charge >= 0.3 is 0 Å². The zero-order valence-electron chi connectivity index (χ0n) is 14.2. The summed E-state index contributed by atoms with van der Waals surface area (Å²) in [4.78, 5) is 21.7. The Kier molecular flexibility index (Phi) is 6.13. The second kappa shape index (κ2) is 8.53. The fraction of sp³-hybridized carbons (Fsp3) is 0.167. The highest BCUT2D eigenvalue weighted by Crippen LogP contribution is 2.23. The number of aryl methyl sites for hydroxylation is 1. The normalized spacial score (nSPS) is 10.6. The van der Waals surface area contributed by atoms with Gasteiger partial charge in [-0.2, -0.15) is 0 Å². The van der Waals surface area contributed by atoms with E-state index in [4.69, 9.17) is 16.3 Å². The van der Waals surface area contributed by atoms with Crippen molar-refractivity contribution in [1.82, 2.24) is 9.97 Å². The third-order valence-electron chi connectivity index (χ3n) is 3.43. The Labute approximate surface area is 164 Å². The van der Waals surface area contributed by atoms with Crippen LogP contribution in [0, 0.1) is 6.92 Å². The van der Waals surface area contributed by atoms with Crippen LogP contribution < -0.4 is 10.1 Å². The summed E-state index contributed by atoms with van der Waals surface area (Å²) in [5, 5.41) is 5.14. The highest BCUT2D eigenvalue weighted by atomic mass is 35.5. The van der Waals surface area contributed by atoms with E-state index in [0.717, 1.165) is 10.0 Å². The molecular weight excluding hydrogens is 390 g/mol. The molecule has 1 N–H and O–H groups in total. The monoisotopic (exact) mass is 405 g/mol. The lowest BCUT2D eigenvalue weighted by Crippen LogP contribution is -2.11. The van der Waals surface area contributed by atoms with Crippen molar-refractivity contribution in [2.24, 2.45) is 0 Å². The zero-order chi connectivity index (χ0) is 18.5. The summed E-state index contributed by atoms with van der Waals surface area (Å²) in [5.41, 5.74) is 1.33. The van der Waals surface area contributed by atoms with E-state index in [1.807, 2.05) is 25.3 Å². The van der Waals surface area contributed by atoms with Crippen molar-refractivity contribution >= 4 is 46.3 Å². The number of halogens is 1. The van der Waals surface area contributed by atoms with E-state index in [9.17, 15) is 4.79 Å². The van der Waals surface area contributed by atoms with Gasteiger partial charge in [0.25, 0.3) is 5.91 Å². The molecule has 0 bridgehead atoms. The molecule has 1 amide bonds. The van der Waals surface area contributed by atoms with Crippen molar-refractivity contribution in [2.75, 3.05) is 11.6 Å². The molecule has 3 rings (SSSR count). The summed E-state index contributed by atoms with van der Waals surface area (Å²) in [7, 11) is 0. The van der Waals surface area contributed by atoms with Crippen LogP contribution in [0.5, 0.6) is 5.75 Å². The van der Waals surface area contributed by atoms with Crippen LogP contribution in [0.2, 0.25) is 5.02 Å². The molecule has 0 aliphatic heterocycles. The molecule has 2 aromatic heterocycles. The number of amides is 1. The number of pyridine rings is 1. The van der Waals surface area contributed by atoms with Crippen LogP contribution in [0.3, 0.4) is 0 Å². The van der Waals surface area contributed by atoms with Crippen LogP contribution in [-0.4, -0.2) is 22.1 Å². The van der Waals surface area contributed by atoms with Gasteiger partial charge in [0.2, 0.25) is 0 Å². The minimum Gasteiger partial charge on any atom is -0.486 e. The number of hydrogen-bond donors (Lipinski definition) is 1. The van der Waals surface area contributed by atoms with Gasteiger partial charge in [0, 0.05) is 5.02 Å². The number of thioether (sulfide) groups is 1. The van der Waals surface area contributed by atoms with Crippen LogP contribution >= 0.6 is 34.7 Å². The third kappa shape index (κ3) is 4.75. The van der Waals surface area contributed by atoms with Gasteiger partial charge in [-0.1, -0.05) is 11.6 Å². The number of ether oxygens (including phenoxy) is 1. The number of anilines is 1. The van der Waals surface area contributed by atoms with Crippen molar-refractivity contribution in [3.63, 3.8) is 0 Å². The Hall–Kier alpha value is -2.09. The number of benzene rings is 1. The SMILES string of the molecule is CSc1ccc(NC(=O)c2sc(COc3ccc(Cl)cc3)nc2C)cn1. The van der Waals surface area contributed by atoms with Crippen molar-refractivity contribution in [1.29, 1.82) is 0 Å². The van der Waals surface area contributed by atoms with Crippen molar-refractivity contribution in [2.45, 2.75) is 18.6 Å². The van der Waals surface area contributed by atoms with Crippen LogP contribution in [0.4, 0.5) is 5.69 Å². The summed E-state index contributed by atoms with van der Waals surface area (Å²) < 4.78 is 5.68. The molecule has 0 atom stereocenters. The standard InChI is InChI=1S/C18H16ClN3O2S2/c1-11-17(18(23)22-13-5-8-15(25-2)20-9-13)26-16(21-11)10-24-14-6-3-12(19)4-7-14/h3-9H,10H2,1-2H3,(H,22,23). The number of nitrogens with zero attached hydrogens (tertiary/aromatic N) is 2. The van der Waals surface area contributed by atoms with E-state index >= 15 is 0 Å². The van der Waals surface area contributed by atoms with Gasteiger partial charge in [-0.05, 0) is 49.6 Å². The zero-order valence-corrected chi connectivity index (χ0v) is 16.5. The molecule has 0 aliphatic carbocycles. The number of rotatable bonds is 6. The second-order valence-corrected chi connectivity index (χ2v) is 7.65. The molecule has 0 fully saturated rings. The average Bonchev–Trinajstić information content (AvgIpc) is 3.03. The van der Waals surface area contributed by atoms with E-state index in [2.05, 4.69) is 15.3 Å². The summed E-state index contributed by atoms with van der Waals surface area (Å²) in [5.74, 6) is 0.504. The lowest BCUT2D eigenvalue weighted by molar-refractivity contribution is 0.103. The number of hydrogen-bond acceptors (Lipinski definition) is 6. The van der Waals surface area contributed by atoms with Crippen molar-refractivity contribution < 1.29 is 9.53 Å². The molecule has 0 radical (unpaired) electrons. The van der Waals surface area contributed by atoms with Crippen molar-refractivity contribution in [3.8, 4) is 5.75 Å². The minimum atomic E-state index is -0.198. The third-order valence-corrected chi connectivity index (χ3v) is 5.47. The van der Waals surface area contributed by atoms with Gasteiger partial charge in [-0.25, -0.2) is 9.97 Å². The van der Waals surface area contributed by atoms with E-state index < -0.39 is 0 Å². The maximum atomic E-state index is 12.5. The van der Waals surface area contributed by atoms with E-state index in [1.54, 1.807) is 42.2 Å².